The Balaban J connectivity index is 2.00. The normalized spacial score (nSPS) is 32.5. The SMILES string of the molecule is CC1(C)O[C@@H]2COC(=O)CCCCC(=O)OC[C@H]2O1. The summed E-state index contributed by atoms with van der Waals surface area (Å²) in [4.78, 5) is 23.0. The molecule has 0 aliphatic carbocycles. The molecule has 2 saturated heterocycles. The van der Waals surface area contributed by atoms with Crippen LogP contribution in [0.25, 0.3) is 0 Å². The molecule has 0 saturated carbocycles. The molecule has 0 aromatic heterocycles. The van der Waals surface area contributed by atoms with Crippen molar-refractivity contribution in [3.05, 3.63) is 0 Å². The maximum atomic E-state index is 11.5. The van der Waals surface area contributed by atoms with E-state index in [9.17, 15) is 9.59 Å². The molecule has 2 heterocycles. The summed E-state index contributed by atoms with van der Waals surface area (Å²) in [6.45, 7) is 3.82. The number of rotatable bonds is 0. The molecule has 2 rings (SSSR count). The van der Waals surface area contributed by atoms with Gasteiger partial charge in [0.1, 0.15) is 25.4 Å². The molecule has 6 heteroatoms. The molecular weight excluding hydrogens is 252 g/mol. The summed E-state index contributed by atoms with van der Waals surface area (Å²) in [7, 11) is 0. The standard InChI is InChI=1S/C13H20O6/c1-13(2)18-9-7-16-11(14)5-3-4-6-12(15)17-8-10(9)19-13/h9-10H,3-8H2,1-2H3/t9-,10-/m1/s1. The van der Waals surface area contributed by atoms with Crippen LogP contribution in [0.1, 0.15) is 39.5 Å². The molecule has 0 spiro atoms. The highest BCUT2D eigenvalue weighted by Gasteiger charge is 2.42. The van der Waals surface area contributed by atoms with Crippen LogP contribution in [0.4, 0.5) is 0 Å². The molecule has 0 unspecified atom stereocenters. The van der Waals surface area contributed by atoms with Gasteiger partial charge in [-0.3, -0.25) is 9.59 Å². The second kappa shape index (κ2) is 5.88. The lowest BCUT2D eigenvalue weighted by atomic mass is 10.2. The fraction of sp³-hybridized carbons (Fsp3) is 0.846. The number of ether oxygens (including phenoxy) is 4. The van der Waals surface area contributed by atoms with Crippen molar-refractivity contribution in [1.29, 1.82) is 0 Å². The highest BCUT2D eigenvalue weighted by atomic mass is 16.8. The first-order valence-electron chi connectivity index (χ1n) is 6.63. The minimum atomic E-state index is -0.756. The first-order chi connectivity index (χ1) is 8.96. The lowest BCUT2D eigenvalue weighted by Gasteiger charge is -2.17. The highest BCUT2D eigenvalue weighted by Crippen LogP contribution is 2.29. The van der Waals surface area contributed by atoms with Crippen molar-refractivity contribution in [2.45, 2.75) is 57.5 Å². The monoisotopic (exact) mass is 272 g/mol. The van der Waals surface area contributed by atoms with Crippen molar-refractivity contribution in [3.8, 4) is 0 Å². The third kappa shape index (κ3) is 4.18. The van der Waals surface area contributed by atoms with Crippen molar-refractivity contribution in [2.24, 2.45) is 0 Å². The fourth-order valence-corrected chi connectivity index (χ4v) is 2.22. The van der Waals surface area contributed by atoms with Gasteiger partial charge in [0.25, 0.3) is 0 Å². The predicted molar refractivity (Wildman–Crippen MR) is 64.2 cm³/mol. The van der Waals surface area contributed by atoms with Crippen LogP contribution in [-0.4, -0.2) is 43.1 Å². The molecule has 19 heavy (non-hydrogen) atoms. The van der Waals surface area contributed by atoms with Crippen LogP contribution in [0, 0.1) is 0 Å². The Morgan fingerprint density at radius 1 is 0.895 bits per heavy atom. The third-order valence-corrected chi connectivity index (χ3v) is 3.11. The van der Waals surface area contributed by atoms with Crippen LogP contribution in [-0.2, 0) is 28.5 Å². The first kappa shape index (κ1) is 14.3. The lowest BCUT2D eigenvalue weighted by molar-refractivity contribution is -0.162. The zero-order chi connectivity index (χ0) is 13.9. The van der Waals surface area contributed by atoms with Crippen molar-refractivity contribution < 1.29 is 28.5 Å². The summed E-state index contributed by atoms with van der Waals surface area (Å²) < 4.78 is 21.6. The maximum Gasteiger partial charge on any atom is 0.305 e. The summed E-state index contributed by atoms with van der Waals surface area (Å²) in [5.74, 6) is -1.28. The Labute approximate surface area is 112 Å². The molecule has 0 bridgehead atoms. The van der Waals surface area contributed by atoms with Crippen LogP contribution in [0.5, 0.6) is 0 Å². The molecule has 0 N–H and O–H groups in total. The second-order valence-electron chi connectivity index (χ2n) is 5.29. The van der Waals surface area contributed by atoms with Crippen molar-refractivity contribution in [1.82, 2.24) is 0 Å². The van der Waals surface area contributed by atoms with Gasteiger partial charge in [0.15, 0.2) is 5.79 Å². The summed E-state index contributed by atoms with van der Waals surface area (Å²) in [6.07, 6.45) is 1.09. The molecule has 0 aromatic carbocycles. The van der Waals surface area contributed by atoms with E-state index in [0.717, 1.165) is 0 Å². The minimum Gasteiger partial charge on any atom is -0.463 e. The average molecular weight is 272 g/mol. The number of hydrogen-bond acceptors (Lipinski definition) is 6. The van der Waals surface area contributed by atoms with Crippen LogP contribution < -0.4 is 0 Å². The average Bonchev–Trinajstić information content (AvgIpc) is 2.63. The molecule has 2 aliphatic heterocycles. The van der Waals surface area contributed by atoms with Gasteiger partial charge in [0.2, 0.25) is 0 Å². The largest absolute Gasteiger partial charge is 0.463 e. The van der Waals surface area contributed by atoms with E-state index in [1.54, 1.807) is 13.8 Å². The van der Waals surface area contributed by atoms with E-state index in [-0.39, 0.29) is 25.2 Å². The van der Waals surface area contributed by atoms with Crippen molar-refractivity contribution in [3.63, 3.8) is 0 Å². The van der Waals surface area contributed by atoms with Crippen molar-refractivity contribution >= 4 is 11.9 Å². The third-order valence-electron chi connectivity index (χ3n) is 3.11. The zero-order valence-electron chi connectivity index (χ0n) is 11.3. The topological polar surface area (TPSA) is 71.1 Å². The van der Waals surface area contributed by atoms with E-state index < -0.39 is 18.0 Å². The quantitative estimate of drug-likeness (QED) is 0.616. The smallest absolute Gasteiger partial charge is 0.305 e. The number of hydrogen-bond donors (Lipinski definition) is 0. The highest BCUT2D eigenvalue weighted by molar-refractivity contribution is 5.70. The molecule has 6 nitrogen and oxygen atoms in total. The summed E-state index contributed by atoms with van der Waals surface area (Å²) in [5.41, 5.74) is 0. The van der Waals surface area contributed by atoms with E-state index in [4.69, 9.17) is 18.9 Å². The summed E-state index contributed by atoms with van der Waals surface area (Å²) in [6, 6.07) is 0. The van der Waals surface area contributed by atoms with E-state index in [0.29, 0.717) is 25.7 Å². The molecule has 0 aromatic rings. The van der Waals surface area contributed by atoms with Crippen LogP contribution >= 0.6 is 0 Å². The van der Waals surface area contributed by atoms with Crippen molar-refractivity contribution in [2.75, 3.05) is 13.2 Å². The van der Waals surface area contributed by atoms with Gasteiger partial charge >= 0.3 is 11.9 Å². The van der Waals surface area contributed by atoms with Gasteiger partial charge in [-0.25, -0.2) is 0 Å². The Morgan fingerprint density at radius 3 is 1.74 bits per heavy atom. The minimum absolute atomic E-state index is 0.129. The number of esters is 2. The number of fused-ring (bicyclic) bond motifs is 1. The number of carbonyl (C=O) groups excluding carboxylic acids is 2. The first-order valence-corrected chi connectivity index (χ1v) is 6.63. The number of cyclic esters (lactones) is 2. The van der Waals surface area contributed by atoms with E-state index >= 15 is 0 Å². The Morgan fingerprint density at radius 2 is 1.32 bits per heavy atom. The Kier molecular flexibility index (Phi) is 4.42. The van der Waals surface area contributed by atoms with Gasteiger partial charge in [-0.05, 0) is 26.7 Å². The molecule has 0 amide bonds. The molecular formula is C13H20O6. The second-order valence-corrected chi connectivity index (χ2v) is 5.29. The van der Waals surface area contributed by atoms with Gasteiger partial charge in [0, 0.05) is 12.8 Å². The van der Waals surface area contributed by atoms with Crippen LogP contribution in [0.15, 0.2) is 0 Å². The van der Waals surface area contributed by atoms with Crippen LogP contribution in [0.2, 0.25) is 0 Å². The Hall–Kier alpha value is -1.14. The maximum absolute atomic E-state index is 11.5. The molecule has 2 aliphatic rings. The van der Waals surface area contributed by atoms with Crippen LogP contribution in [0.3, 0.4) is 0 Å². The fourth-order valence-electron chi connectivity index (χ4n) is 2.22. The van der Waals surface area contributed by atoms with Gasteiger partial charge in [-0.15, -0.1) is 0 Å². The summed E-state index contributed by atoms with van der Waals surface area (Å²) >= 11 is 0. The zero-order valence-corrected chi connectivity index (χ0v) is 11.3. The molecule has 2 fully saturated rings. The van der Waals surface area contributed by atoms with Gasteiger partial charge in [-0.2, -0.15) is 0 Å². The molecule has 2 atom stereocenters. The Bertz CT molecular complexity index is 319. The lowest BCUT2D eigenvalue weighted by Crippen LogP contribution is -2.33. The van der Waals surface area contributed by atoms with E-state index in [2.05, 4.69) is 0 Å². The van der Waals surface area contributed by atoms with Gasteiger partial charge in [0.05, 0.1) is 0 Å². The van der Waals surface area contributed by atoms with Gasteiger partial charge in [-0.1, -0.05) is 0 Å². The number of carbonyl (C=O) groups is 2. The van der Waals surface area contributed by atoms with E-state index in [1.807, 2.05) is 0 Å². The van der Waals surface area contributed by atoms with Gasteiger partial charge < -0.3 is 18.9 Å². The molecule has 108 valence electrons. The summed E-state index contributed by atoms with van der Waals surface area (Å²) in [5, 5.41) is 0. The predicted octanol–water partition coefficient (Wildman–Crippen LogP) is 1.17. The van der Waals surface area contributed by atoms with E-state index in [1.165, 1.54) is 0 Å². The molecule has 0 radical (unpaired) electrons.